The van der Waals surface area contributed by atoms with E-state index in [2.05, 4.69) is 22.0 Å². The van der Waals surface area contributed by atoms with Crippen molar-refractivity contribution in [3.05, 3.63) is 42.0 Å². The number of unbranched alkanes of at least 4 members (excludes halogenated alkanes) is 2. The molecular formula is C27H36N4O4S. The highest BCUT2D eigenvalue weighted by Crippen LogP contribution is 2.40. The zero-order valence-electron chi connectivity index (χ0n) is 21.4. The van der Waals surface area contributed by atoms with Crippen molar-refractivity contribution in [2.45, 2.75) is 26.2 Å². The number of thiazole rings is 1. The minimum Gasteiger partial charge on any atom is -0.494 e. The molecule has 2 aromatic carbocycles. The lowest BCUT2D eigenvalue weighted by atomic mass is 10.2. The molecular weight excluding hydrogens is 476 g/mol. The number of benzene rings is 2. The van der Waals surface area contributed by atoms with Gasteiger partial charge in [0.2, 0.25) is 0 Å². The Balaban J connectivity index is 1.23. The van der Waals surface area contributed by atoms with E-state index in [1.807, 2.05) is 36.4 Å². The Morgan fingerprint density at radius 2 is 1.92 bits per heavy atom. The zero-order chi connectivity index (χ0) is 25.3. The first kappa shape index (κ1) is 26.0. The van der Waals surface area contributed by atoms with E-state index in [0.29, 0.717) is 30.2 Å². The summed E-state index contributed by atoms with van der Waals surface area (Å²) in [7, 11) is 3.28. The second-order valence-electron chi connectivity index (χ2n) is 8.81. The smallest absolute Gasteiger partial charge is 0.251 e. The molecule has 8 nitrogen and oxygen atoms in total. The van der Waals surface area contributed by atoms with E-state index in [-0.39, 0.29) is 5.91 Å². The molecule has 0 aliphatic carbocycles. The van der Waals surface area contributed by atoms with Crippen LogP contribution in [0.4, 0.5) is 5.13 Å². The van der Waals surface area contributed by atoms with Crippen LogP contribution in [0.2, 0.25) is 0 Å². The van der Waals surface area contributed by atoms with E-state index in [1.54, 1.807) is 25.6 Å². The van der Waals surface area contributed by atoms with Crippen molar-refractivity contribution < 1.29 is 19.0 Å². The molecule has 0 spiro atoms. The predicted octanol–water partition coefficient (Wildman–Crippen LogP) is 4.43. The summed E-state index contributed by atoms with van der Waals surface area (Å²) in [6, 6.07) is 11.4. The number of nitrogens with zero attached hydrogens (tertiary/aromatic N) is 3. The molecule has 9 heteroatoms. The van der Waals surface area contributed by atoms with Gasteiger partial charge in [0.1, 0.15) is 11.3 Å². The van der Waals surface area contributed by atoms with E-state index in [4.69, 9.17) is 19.2 Å². The number of nitrogens with one attached hydrogen (secondary N) is 1. The minimum absolute atomic E-state index is 0.0634. The van der Waals surface area contributed by atoms with Gasteiger partial charge in [-0.05, 0) is 36.8 Å². The highest BCUT2D eigenvalue weighted by Gasteiger charge is 2.22. The summed E-state index contributed by atoms with van der Waals surface area (Å²) >= 11 is 1.67. The first-order valence-electron chi connectivity index (χ1n) is 12.6. The molecule has 1 fully saturated rings. The van der Waals surface area contributed by atoms with E-state index >= 15 is 0 Å². The van der Waals surface area contributed by atoms with Gasteiger partial charge in [0.15, 0.2) is 16.6 Å². The maximum atomic E-state index is 12.6. The molecule has 0 saturated carbocycles. The van der Waals surface area contributed by atoms with Gasteiger partial charge in [-0.25, -0.2) is 4.98 Å². The maximum Gasteiger partial charge on any atom is 0.251 e. The summed E-state index contributed by atoms with van der Waals surface area (Å²) < 4.78 is 17.8. The summed E-state index contributed by atoms with van der Waals surface area (Å²) in [6.45, 7) is 7.92. The van der Waals surface area contributed by atoms with Crippen molar-refractivity contribution >= 4 is 32.6 Å². The fourth-order valence-electron chi connectivity index (χ4n) is 4.29. The number of hydrogen-bond acceptors (Lipinski definition) is 8. The standard InChI is InChI=1S/C27H36N4O4S/c1-4-5-6-18-35-21-9-7-8-20(19-21)26(32)28-12-13-30-14-16-31(17-15-30)27-29-24-23(36-27)11-10-22(33-2)25(24)34-3/h7-11,19H,4-6,12-18H2,1-3H3,(H,28,32). The van der Waals surface area contributed by atoms with Crippen LogP contribution in [0.25, 0.3) is 10.2 Å². The van der Waals surface area contributed by atoms with Crippen molar-refractivity contribution in [1.29, 1.82) is 0 Å². The Hall–Kier alpha value is -3.04. The predicted molar refractivity (Wildman–Crippen MR) is 145 cm³/mol. The number of amides is 1. The molecule has 1 N–H and O–H groups in total. The Morgan fingerprint density at radius 3 is 2.67 bits per heavy atom. The summed E-state index contributed by atoms with van der Waals surface area (Å²) in [5.41, 5.74) is 1.48. The Bertz CT molecular complexity index is 1140. The van der Waals surface area contributed by atoms with Crippen LogP contribution in [0.3, 0.4) is 0 Å². The highest BCUT2D eigenvalue weighted by atomic mass is 32.1. The van der Waals surface area contributed by atoms with Gasteiger partial charge in [0, 0.05) is 44.8 Å². The molecule has 2 heterocycles. The highest BCUT2D eigenvalue weighted by molar-refractivity contribution is 7.22. The Morgan fingerprint density at radius 1 is 1.08 bits per heavy atom. The number of carbonyl (C=O) groups excluding carboxylic acids is 1. The fraction of sp³-hybridized carbons (Fsp3) is 0.481. The van der Waals surface area contributed by atoms with Crippen LogP contribution >= 0.6 is 11.3 Å². The molecule has 0 radical (unpaired) electrons. The number of aromatic nitrogens is 1. The minimum atomic E-state index is -0.0634. The average molecular weight is 513 g/mol. The van der Waals surface area contributed by atoms with Gasteiger partial charge in [-0.15, -0.1) is 0 Å². The van der Waals surface area contributed by atoms with Crippen molar-refractivity contribution in [1.82, 2.24) is 15.2 Å². The topological polar surface area (TPSA) is 76.2 Å². The molecule has 0 bridgehead atoms. The van der Waals surface area contributed by atoms with E-state index in [0.717, 1.165) is 73.1 Å². The van der Waals surface area contributed by atoms with Gasteiger partial charge in [0.25, 0.3) is 5.91 Å². The number of anilines is 1. The third-order valence-electron chi connectivity index (χ3n) is 6.36. The van der Waals surface area contributed by atoms with E-state index in [9.17, 15) is 4.79 Å². The number of piperazine rings is 1. The summed E-state index contributed by atoms with van der Waals surface area (Å²) in [4.78, 5) is 22.2. The van der Waals surface area contributed by atoms with Gasteiger partial charge < -0.3 is 24.4 Å². The van der Waals surface area contributed by atoms with E-state index in [1.165, 1.54) is 0 Å². The first-order chi connectivity index (χ1) is 17.6. The van der Waals surface area contributed by atoms with Crippen LogP contribution in [0.1, 0.15) is 36.5 Å². The number of carbonyl (C=O) groups is 1. The number of rotatable bonds is 12. The lowest BCUT2D eigenvalue weighted by Crippen LogP contribution is -2.48. The number of ether oxygens (including phenoxy) is 3. The average Bonchev–Trinajstić information content (AvgIpc) is 3.35. The number of hydrogen-bond donors (Lipinski definition) is 1. The monoisotopic (exact) mass is 512 g/mol. The van der Waals surface area contributed by atoms with Crippen LogP contribution in [0, 0.1) is 0 Å². The molecule has 1 aromatic heterocycles. The zero-order valence-corrected chi connectivity index (χ0v) is 22.2. The molecule has 0 unspecified atom stereocenters. The first-order valence-corrected chi connectivity index (χ1v) is 13.4. The molecule has 4 rings (SSSR count). The SMILES string of the molecule is CCCCCOc1cccc(C(=O)NCCN2CCN(c3nc4c(OC)c(OC)ccc4s3)CC2)c1. The van der Waals surface area contributed by atoms with Crippen LogP contribution < -0.4 is 24.4 Å². The molecule has 1 amide bonds. The van der Waals surface area contributed by atoms with Crippen molar-refractivity contribution in [2.75, 3.05) is 65.0 Å². The van der Waals surface area contributed by atoms with Gasteiger partial charge in [0.05, 0.1) is 25.5 Å². The fourth-order valence-corrected chi connectivity index (χ4v) is 5.31. The molecule has 0 atom stereocenters. The third-order valence-corrected chi connectivity index (χ3v) is 7.44. The van der Waals surface area contributed by atoms with Crippen LogP contribution in [-0.4, -0.2) is 75.9 Å². The lowest BCUT2D eigenvalue weighted by Gasteiger charge is -2.34. The van der Waals surface area contributed by atoms with Crippen LogP contribution in [-0.2, 0) is 0 Å². The summed E-state index contributed by atoms with van der Waals surface area (Å²) in [5.74, 6) is 2.06. The van der Waals surface area contributed by atoms with Gasteiger partial charge >= 0.3 is 0 Å². The lowest BCUT2D eigenvalue weighted by molar-refractivity contribution is 0.0947. The number of methoxy groups -OCH3 is 2. The quantitative estimate of drug-likeness (QED) is 0.360. The molecule has 3 aromatic rings. The molecule has 1 aliphatic heterocycles. The van der Waals surface area contributed by atoms with E-state index < -0.39 is 0 Å². The third kappa shape index (κ3) is 6.39. The van der Waals surface area contributed by atoms with Gasteiger partial charge in [-0.2, -0.15) is 0 Å². The molecule has 1 saturated heterocycles. The second kappa shape index (κ2) is 12.8. The Kier molecular flexibility index (Phi) is 9.24. The number of fused-ring (bicyclic) bond motifs is 1. The van der Waals surface area contributed by atoms with Crippen LogP contribution in [0.15, 0.2) is 36.4 Å². The normalized spacial score (nSPS) is 14.1. The molecule has 1 aliphatic rings. The molecule has 36 heavy (non-hydrogen) atoms. The maximum absolute atomic E-state index is 12.6. The van der Waals surface area contributed by atoms with Gasteiger partial charge in [-0.3, -0.25) is 9.69 Å². The van der Waals surface area contributed by atoms with Crippen molar-refractivity contribution in [3.63, 3.8) is 0 Å². The summed E-state index contributed by atoms with van der Waals surface area (Å²) in [6.07, 6.45) is 3.34. The second-order valence-corrected chi connectivity index (χ2v) is 9.82. The summed E-state index contributed by atoms with van der Waals surface area (Å²) in [5, 5.41) is 4.05. The van der Waals surface area contributed by atoms with Gasteiger partial charge in [-0.1, -0.05) is 37.2 Å². The Labute approximate surface area is 217 Å². The molecule has 194 valence electrons. The van der Waals surface area contributed by atoms with Crippen molar-refractivity contribution in [3.8, 4) is 17.2 Å². The largest absolute Gasteiger partial charge is 0.494 e. The van der Waals surface area contributed by atoms with Crippen molar-refractivity contribution in [2.24, 2.45) is 0 Å². The van der Waals surface area contributed by atoms with Crippen LogP contribution in [0.5, 0.6) is 17.2 Å².